The zero-order valence-corrected chi connectivity index (χ0v) is 18.7. The highest BCUT2D eigenvalue weighted by molar-refractivity contribution is 6.09. The number of carbonyl (C=O) groups is 2. The Kier molecular flexibility index (Phi) is 8.67. The van der Waals surface area contributed by atoms with E-state index in [1.165, 1.54) is 32.1 Å². The van der Waals surface area contributed by atoms with Crippen molar-refractivity contribution in [1.29, 1.82) is 0 Å². The van der Waals surface area contributed by atoms with Gasteiger partial charge in [0.15, 0.2) is 0 Å². The van der Waals surface area contributed by atoms with Crippen molar-refractivity contribution >= 4 is 28.3 Å². The Labute approximate surface area is 189 Å². The number of unbranched alkanes of at least 4 members (excludes halogenated alkanes) is 6. The topological polar surface area (TPSA) is 78.4 Å². The minimum Gasteiger partial charge on any atom is -0.507 e. The highest BCUT2D eigenvalue weighted by Gasteiger charge is 2.14. The summed E-state index contributed by atoms with van der Waals surface area (Å²) in [6, 6.07) is 17.5. The van der Waals surface area contributed by atoms with Gasteiger partial charge in [-0.1, -0.05) is 69.7 Å². The van der Waals surface area contributed by atoms with Crippen molar-refractivity contribution in [1.82, 2.24) is 5.32 Å². The van der Waals surface area contributed by atoms with Gasteiger partial charge in [0.05, 0.1) is 5.56 Å². The first-order valence-corrected chi connectivity index (χ1v) is 11.5. The molecule has 3 aromatic carbocycles. The third-order valence-corrected chi connectivity index (χ3v) is 5.56. The second kappa shape index (κ2) is 11.9. The number of carbonyl (C=O) groups excluding carboxylic acids is 2. The number of aromatic hydroxyl groups is 1. The number of hydrogen-bond acceptors (Lipinski definition) is 3. The zero-order chi connectivity index (χ0) is 22.8. The monoisotopic (exact) mass is 432 g/mol. The Morgan fingerprint density at radius 3 is 2.25 bits per heavy atom. The van der Waals surface area contributed by atoms with E-state index in [1.807, 2.05) is 18.2 Å². The second-order valence-corrected chi connectivity index (χ2v) is 8.13. The van der Waals surface area contributed by atoms with Crippen LogP contribution in [0.1, 0.15) is 72.6 Å². The molecule has 0 fully saturated rings. The maximum Gasteiger partial charge on any atom is 0.259 e. The van der Waals surface area contributed by atoms with Crippen LogP contribution < -0.4 is 10.6 Å². The lowest BCUT2D eigenvalue weighted by Gasteiger charge is -2.10. The molecule has 0 atom stereocenters. The number of para-hydroxylation sites is 1. The number of hydrogen-bond donors (Lipinski definition) is 3. The van der Waals surface area contributed by atoms with Gasteiger partial charge in [-0.3, -0.25) is 9.59 Å². The quantitative estimate of drug-likeness (QED) is 0.312. The van der Waals surface area contributed by atoms with Gasteiger partial charge >= 0.3 is 0 Å². The summed E-state index contributed by atoms with van der Waals surface area (Å²) in [5.74, 6) is -0.618. The fourth-order valence-corrected chi connectivity index (χ4v) is 3.71. The molecule has 0 aromatic heterocycles. The van der Waals surface area contributed by atoms with Crippen LogP contribution in [0.4, 0.5) is 5.69 Å². The molecule has 3 N–H and O–H groups in total. The van der Waals surface area contributed by atoms with E-state index in [2.05, 4.69) is 17.6 Å². The molecule has 0 heterocycles. The molecule has 5 heteroatoms. The van der Waals surface area contributed by atoms with Crippen molar-refractivity contribution in [3.63, 3.8) is 0 Å². The lowest BCUT2D eigenvalue weighted by atomic mass is 10.0. The molecule has 0 aliphatic rings. The van der Waals surface area contributed by atoms with Crippen LogP contribution in [0.3, 0.4) is 0 Å². The number of amides is 2. The molecule has 2 amide bonds. The predicted molar refractivity (Wildman–Crippen MR) is 130 cm³/mol. The van der Waals surface area contributed by atoms with Crippen molar-refractivity contribution < 1.29 is 14.7 Å². The van der Waals surface area contributed by atoms with Gasteiger partial charge in [-0.25, -0.2) is 0 Å². The van der Waals surface area contributed by atoms with E-state index in [1.54, 1.807) is 42.5 Å². The van der Waals surface area contributed by atoms with Gasteiger partial charge in [0.25, 0.3) is 11.8 Å². The lowest BCUT2D eigenvalue weighted by Crippen LogP contribution is -2.24. The third-order valence-electron chi connectivity index (χ3n) is 5.56. The summed E-state index contributed by atoms with van der Waals surface area (Å²) in [7, 11) is 0. The van der Waals surface area contributed by atoms with Crippen LogP contribution in [-0.4, -0.2) is 23.5 Å². The van der Waals surface area contributed by atoms with E-state index in [-0.39, 0.29) is 17.2 Å². The van der Waals surface area contributed by atoms with Crippen LogP contribution in [0.25, 0.3) is 10.8 Å². The number of phenolic OH excluding ortho intramolecular Hbond substituents is 1. The molecule has 0 saturated heterocycles. The number of nitrogens with one attached hydrogen (secondary N) is 2. The molecule has 0 radical (unpaired) electrons. The van der Waals surface area contributed by atoms with Gasteiger partial charge in [0, 0.05) is 17.8 Å². The molecule has 0 saturated carbocycles. The first-order valence-electron chi connectivity index (χ1n) is 11.5. The van der Waals surface area contributed by atoms with Gasteiger partial charge in [0.1, 0.15) is 5.75 Å². The minimum absolute atomic E-state index is 0.0953. The van der Waals surface area contributed by atoms with Gasteiger partial charge in [0.2, 0.25) is 0 Å². The number of benzene rings is 3. The van der Waals surface area contributed by atoms with E-state index >= 15 is 0 Å². The molecule has 32 heavy (non-hydrogen) atoms. The van der Waals surface area contributed by atoms with Gasteiger partial charge in [-0.15, -0.1) is 0 Å². The maximum atomic E-state index is 12.6. The SMILES string of the molecule is CCCCCCCCCNC(=O)c1ccc2cc(O)c(C(=O)Nc3ccccc3)cc2c1. The fourth-order valence-electron chi connectivity index (χ4n) is 3.71. The van der Waals surface area contributed by atoms with Crippen LogP contribution >= 0.6 is 0 Å². The first kappa shape index (κ1) is 23.3. The summed E-state index contributed by atoms with van der Waals surface area (Å²) in [5.41, 5.74) is 1.36. The molecule has 3 aromatic rings. The van der Waals surface area contributed by atoms with E-state index in [4.69, 9.17) is 0 Å². The predicted octanol–water partition coefficient (Wildman–Crippen LogP) is 6.28. The van der Waals surface area contributed by atoms with Crippen LogP contribution in [-0.2, 0) is 0 Å². The average Bonchev–Trinajstić information content (AvgIpc) is 2.80. The molecule has 0 aliphatic heterocycles. The Morgan fingerprint density at radius 2 is 1.50 bits per heavy atom. The Bertz CT molecular complexity index is 1050. The van der Waals surface area contributed by atoms with Gasteiger partial charge in [-0.2, -0.15) is 0 Å². The molecule has 0 bridgehead atoms. The molecule has 5 nitrogen and oxygen atoms in total. The highest BCUT2D eigenvalue weighted by Crippen LogP contribution is 2.27. The molecular formula is C27H32N2O3. The Hall–Kier alpha value is -3.34. The smallest absolute Gasteiger partial charge is 0.259 e. The molecular weight excluding hydrogens is 400 g/mol. The molecule has 3 rings (SSSR count). The van der Waals surface area contributed by atoms with Crippen LogP contribution in [0.15, 0.2) is 60.7 Å². The van der Waals surface area contributed by atoms with Crippen LogP contribution in [0, 0.1) is 0 Å². The van der Waals surface area contributed by atoms with E-state index in [0.29, 0.717) is 17.8 Å². The standard InChI is InChI=1S/C27H32N2O3/c1-2-3-4-5-6-7-11-16-28-26(31)21-15-14-20-19-25(30)24(18-22(20)17-21)27(32)29-23-12-9-8-10-13-23/h8-10,12-15,17-19,30H,2-7,11,16H2,1H3,(H,28,31)(H,29,32). The number of fused-ring (bicyclic) bond motifs is 1. The van der Waals surface area contributed by atoms with Gasteiger partial charge < -0.3 is 15.7 Å². The second-order valence-electron chi connectivity index (χ2n) is 8.13. The Morgan fingerprint density at radius 1 is 0.781 bits per heavy atom. The van der Waals surface area contributed by atoms with Gasteiger partial charge in [-0.05, 0) is 53.6 Å². The summed E-state index contributed by atoms with van der Waals surface area (Å²) in [4.78, 5) is 25.2. The molecule has 0 unspecified atom stereocenters. The fraction of sp³-hybridized carbons (Fsp3) is 0.333. The number of phenols is 1. The van der Waals surface area contributed by atoms with Crippen LogP contribution in [0.2, 0.25) is 0 Å². The zero-order valence-electron chi connectivity index (χ0n) is 18.7. The third kappa shape index (κ3) is 6.58. The number of anilines is 1. The van der Waals surface area contributed by atoms with Crippen LogP contribution in [0.5, 0.6) is 5.75 Å². The van der Waals surface area contributed by atoms with Crippen molar-refractivity contribution in [3.8, 4) is 5.75 Å². The summed E-state index contributed by atoms with van der Waals surface area (Å²) in [6.07, 6.45) is 8.42. The van der Waals surface area contributed by atoms with Crippen molar-refractivity contribution in [2.75, 3.05) is 11.9 Å². The number of rotatable bonds is 11. The maximum absolute atomic E-state index is 12.6. The highest BCUT2D eigenvalue weighted by atomic mass is 16.3. The van der Waals surface area contributed by atoms with Crippen molar-refractivity contribution in [2.24, 2.45) is 0 Å². The Balaban J connectivity index is 1.61. The minimum atomic E-state index is -0.399. The summed E-state index contributed by atoms with van der Waals surface area (Å²) < 4.78 is 0. The molecule has 0 spiro atoms. The molecule has 0 aliphatic carbocycles. The summed E-state index contributed by atoms with van der Waals surface area (Å²) >= 11 is 0. The summed E-state index contributed by atoms with van der Waals surface area (Å²) in [6.45, 7) is 2.87. The lowest BCUT2D eigenvalue weighted by molar-refractivity contribution is 0.0952. The van der Waals surface area contributed by atoms with E-state index in [0.717, 1.165) is 23.6 Å². The normalized spacial score (nSPS) is 10.8. The van der Waals surface area contributed by atoms with Crippen molar-refractivity contribution in [3.05, 3.63) is 71.8 Å². The van der Waals surface area contributed by atoms with Crippen molar-refractivity contribution in [2.45, 2.75) is 51.9 Å². The van der Waals surface area contributed by atoms with E-state index < -0.39 is 5.91 Å². The summed E-state index contributed by atoms with van der Waals surface area (Å²) in [5, 5.41) is 17.6. The largest absolute Gasteiger partial charge is 0.507 e. The average molecular weight is 433 g/mol. The first-order chi connectivity index (χ1) is 15.6. The molecule has 168 valence electrons. The van der Waals surface area contributed by atoms with E-state index in [9.17, 15) is 14.7 Å².